The lowest BCUT2D eigenvalue weighted by Crippen LogP contribution is -2.52. The van der Waals surface area contributed by atoms with Gasteiger partial charge in [0, 0.05) is 0 Å². The summed E-state index contributed by atoms with van der Waals surface area (Å²) >= 11 is 0. The number of nitrogens with one attached hydrogen (secondary N) is 1. The zero-order valence-electron chi connectivity index (χ0n) is 10.9. The van der Waals surface area contributed by atoms with Crippen molar-refractivity contribution in [2.75, 3.05) is 0 Å². The van der Waals surface area contributed by atoms with Crippen molar-refractivity contribution in [2.45, 2.75) is 58.1 Å². The topological polar surface area (TPSA) is 75.6 Å². The third kappa shape index (κ3) is 3.61. The van der Waals surface area contributed by atoms with Gasteiger partial charge in [0.25, 0.3) is 0 Å². The summed E-state index contributed by atoms with van der Waals surface area (Å²) in [6.07, 6.45) is 1.53. The zero-order valence-corrected chi connectivity index (χ0v) is 10.9. The molecule has 2 N–H and O–H groups in total. The highest BCUT2D eigenvalue weighted by Gasteiger charge is 2.45. The number of hydrogen-bond donors (Lipinski definition) is 2. The molecule has 0 radical (unpaired) electrons. The molecule has 0 aromatic heterocycles. The summed E-state index contributed by atoms with van der Waals surface area (Å²) in [4.78, 5) is 22.8. The normalized spacial score (nSPS) is 28.8. The van der Waals surface area contributed by atoms with Crippen LogP contribution in [0.1, 0.15) is 47.0 Å². The fourth-order valence-corrected chi connectivity index (χ4v) is 2.25. The van der Waals surface area contributed by atoms with Crippen LogP contribution in [0, 0.1) is 5.92 Å². The summed E-state index contributed by atoms with van der Waals surface area (Å²) in [5.74, 6) is -1.39. The van der Waals surface area contributed by atoms with Crippen LogP contribution in [-0.4, -0.2) is 28.3 Å². The molecule has 98 valence electrons. The molecule has 0 bridgehead atoms. The van der Waals surface area contributed by atoms with Crippen molar-refractivity contribution in [1.82, 2.24) is 5.32 Å². The summed E-state index contributed by atoms with van der Waals surface area (Å²) in [5, 5.41) is 11.8. The molecule has 1 fully saturated rings. The van der Waals surface area contributed by atoms with Crippen LogP contribution < -0.4 is 5.32 Å². The molecule has 0 aliphatic heterocycles. The predicted molar refractivity (Wildman–Crippen MR) is 62.8 cm³/mol. The second-order valence-electron chi connectivity index (χ2n) is 5.83. The van der Waals surface area contributed by atoms with Crippen molar-refractivity contribution < 1.29 is 19.4 Å². The smallest absolute Gasteiger partial charge is 0.408 e. The second kappa shape index (κ2) is 4.55. The minimum atomic E-state index is -0.860. The molecule has 5 heteroatoms. The first-order chi connectivity index (χ1) is 7.64. The lowest BCUT2D eigenvalue weighted by atomic mass is 9.89. The van der Waals surface area contributed by atoms with Crippen molar-refractivity contribution in [3.8, 4) is 0 Å². The average molecular weight is 243 g/mol. The minimum absolute atomic E-state index is 0.532. The number of ether oxygens (including phenoxy) is 1. The Morgan fingerprint density at radius 2 is 2.00 bits per heavy atom. The van der Waals surface area contributed by atoms with E-state index in [0.29, 0.717) is 12.8 Å². The fourth-order valence-electron chi connectivity index (χ4n) is 2.25. The molecule has 0 aromatic carbocycles. The van der Waals surface area contributed by atoms with Gasteiger partial charge in [0.1, 0.15) is 5.60 Å². The van der Waals surface area contributed by atoms with E-state index in [2.05, 4.69) is 5.32 Å². The molecule has 1 unspecified atom stereocenters. The van der Waals surface area contributed by atoms with Crippen molar-refractivity contribution in [3.05, 3.63) is 0 Å². The van der Waals surface area contributed by atoms with Crippen LogP contribution in [-0.2, 0) is 9.53 Å². The van der Waals surface area contributed by atoms with Crippen LogP contribution >= 0.6 is 0 Å². The number of hydrogen-bond acceptors (Lipinski definition) is 3. The molecule has 1 aliphatic rings. The van der Waals surface area contributed by atoms with Crippen LogP contribution in [0.2, 0.25) is 0 Å². The molecule has 5 nitrogen and oxygen atoms in total. The van der Waals surface area contributed by atoms with Gasteiger partial charge in [-0.2, -0.15) is 0 Å². The standard InChI is InChI=1S/C12H21NO4/c1-11(2,3)17-10(16)13-12(4)7-5-6-8(12)9(14)15/h8H,5-7H2,1-4H3,(H,13,16)(H,14,15)/t8?,12-/m1/s1. The molecule has 1 saturated carbocycles. The maximum atomic E-state index is 11.7. The Morgan fingerprint density at radius 1 is 1.41 bits per heavy atom. The number of aliphatic carboxylic acids is 1. The monoisotopic (exact) mass is 243 g/mol. The van der Waals surface area contributed by atoms with E-state index in [1.165, 1.54) is 0 Å². The summed E-state index contributed by atoms with van der Waals surface area (Å²) in [6, 6.07) is 0. The molecule has 1 aliphatic carbocycles. The van der Waals surface area contributed by atoms with Gasteiger partial charge >= 0.3 is 12.1 Å². The van der Waals surface area contributed by atoms with Crippen LogP contribution in [0.5, 0.6) is 0 Å². The highest BCUT2D eigenvalue weighted by Crippen LogP contribution is 2.35. The highest BCUT2D eigenvalue weighted by atomic mass is 16.6. The Kier molecular flexibility index (Phi) is 3.69. The van der Waals surface area contributed by atoms with E-state index in [1.807, 2.05) is 0 Å². The van der Waals surface area contributed by atoms with Gasteiger partial charge in [-0.25, -0.2) is 4.79 Å². The molecule has 1 rings (SSSR count). The van der Waals surface area contributed by atoms with Gasteiger partial charge in [0.15, 0.2) is 0 Å². The molecule has 0 aromatic rings. The maximum absolute atomic E-state index is 11.7. The summed E-state index contributed by atoms with van der Waals surface area (Å²) in [7, 11) is 0. The molecular formula is C12H21NO4. The van der Waals surface area contributed by atoms with E-state index in [1.54, 1.807) is 27.7 Å². The lowest BCUT2D eigenvalue weighted by Gasteiger charge is -2.31. The van der Waals surface area contributed by atoms with Crippen molar-refractivity contribution in [2.24, 2.45) is 5.92 Å². The Bertz CT molecular complexity index is 321. The van der Waals surface area contributed by atoms with E-state index in [0.717, 1.165) is 6.42 Å². The Hall–Kier alpha value is -1.26. The fraction of sp³-hybridized carbons (Fsp3) is 0.833. The van der Waals surface area contributed by atoms with Gasteiger partial charge in [0.2, 0.25) is 0 Å². The first-order valence-electron chi connectivity index (χ1n) is 5.88. The van der Waals surface area contributed by atoms with Gasteiger partial charge < -0.3 is 15.2 Å². The van der Waals surface area contributed by atoms with Gasteiger partial charge in [0.05, 0.1) is 11.5 Å². The number of carbonyl (C=O) groups is 2. The second-order valence-corrected chi connectivity index (χ2v) is 5.83. The van der Waals surface area contributed by atoms with Gasteiger partial charge in [-0.1, -0.05) is 6.42 Å². The number of carboxylic acids is 1. The molecule has 0 heterocycles. The molecule has 1 amide bonds. The van der Waals surface area contributed by atoms with E-state index in [9.17, 15) is 9.59 Å². The Labute approximate surface area is 102 Å². The summed E-state index contributed by atoms with van der Waals surface area (Å²) in [5.41, 5.74) is -1.27. The van der Waals surface area contributed by atoms with E-state index in [4.69, 9.17) is 9.84 Å². The maximum Gasteiger partial charge on any atom is 0.408 e. The zero-order chi connectivity index (χ0) is 13.3. The number of carboxylic acid groups (broad SMARTS) is 1. The van der Waals surface area contributed by atoms with Gasteiger partial charge in [-0.3, -0.25) is 4.79 Å². The number of rotatable bonds is 2. The van der Waals surface area contributed by atoms with Crippen LogP contribution in [0.25, 0.3) is 0 Å². The van der Waals surface area contributed by atoms with Crippen molar-refractivity contribution in [3.63, 3.8) is 0 Å². The number of alkyl carbamates (subject to hydrolysis) is 1. The molecule has 0 saturated heterocycles. The average Bonchev–Trinajstić information content (AvgIpc) is 2.42. The first kappa shape index (κ1) is 13.8. The molecular weight excluding hydrogens is 222 g/mol. The SMILES string of the molecule is CC(C)(C)OC(=O)N[C@]1(C)CCCC1C(=O)O. The van der Waals surface area contributed by atoms with E-state index < -0.39 is 29.1 Å². The Morgan fingerprint density at radius 3 is 2.47 bits per heavy atom. The quantitative estimate of drug-likeness (QED) is 0.779. The van der Waals surface area contributed by atoms with E-state index in [-0.39, 0.29) is 0 Å². The van der Waals surface area contributed by atoms with Gasteiger partial charge in [-0.05, 0) is 40.5 Å². The number of carbonyl (C=O) groups excluding carboxylic acids is 1. The van der Waals surface area contributed by atoms with Crippen LogP contribution in [0.4, 0.5) is 4.79 Å². The first-order valence-corrected chi connectivity index (χ1v) is 5.88. The van der Waals surface area contributed by atoms with Crippen LogP contribution in [0.15, 0.2) is 0 Å². The van der Waals surface area contributed by atoms with Gasteiger partial charge in [-0.15, -0.1) is 0 Å². The molecule has 0 spiro atoms. The largest absolute Gasteiger partial charge is 0.481 e. The van der Waals surface area contributed by atoms with Crippen molar-refractivity contribution >= 4 is 12.1 Å². The third-order valence-corrected chi connectivity index (χ3v) is 3.04. The van der Waals surface area contributed by atoms with Crippen LogP contribution in [0.3, 0.4) is 0 Å². The Balaban J connectivity index is 2.66. The summed E-state index contributed by atoms with van der Waals surface area (Å²) < 4.78 is 5.15. The lowest BCUT2D eigenvalue weighted by molar-refractivity contribution is -0.143. The highest BCUT2D eigenvalue weighted by molar-refractivity contribution is 5.75. The third-order valence-electron chi connectivity index (χ3n) is 3.04. The van der Waals surface area contributed by atoms with Crippen molar-refractivity contribution in [1.29, 1.82) is 0 Å². The molecule has 17 heavy (non-hydrogen) atoms. The minimum Gasteiger partial charge on any atom is -0.481 e. The van der Waals surface area contributed by atoms with E-state index >= 15 is 0 Å². The number of amides is 1. The molecule has 2 atom stereocenters. The predicted octanol–water partition coefficient (Wildman–Crippen LogP) is 2.15. The summed E-state index contributed by atoms with van der Waals surface area (Å²) in [6.45, 7) is 7.09.